The first-order valence-corrected chi connectivity index (χ1v) is 22.3. The van der Waals surface area contributed by atoms with E-state index in [-0.39, 0.29) is 10.8 Å². The van der Waals surface area contributed by atoms with E-state index >= 15 is 0 Å². The number of hydrogen-bond acceptors (Lipinski definition) is 2. The number of benzene rings is 10. The third-order valence-corrected chi connectivity index (χ3v) is 14.0. The minimum atomic E-state index is -0.226. The molecule has 0 N–H and O–H groups in total. The van der Waals surface area contributed by atoms with Crippen LogP contribution in [0.4, 0.5) is 0 Å². The van der Waals surface area contributed by atoms with Crippen LogP contribution in [0.25, 0.3) is 77.2 Å². The molecule has 0 saturated carbocycles. The van der Waals surface area contributed by atoms with Crippen LogP contribution < -0.4 is 9.47 Å². The molecule has 0 atom stereocenters. The summed E-state index contributed by atoms with van der Waals surface area (Å²) in [5, 5.41) is 4.82. The van der Waals surface area contributed by atoms with E-state index in [1.807, 2.05) is 0 Å². The van der Waals surface area contributed by atoms with E-state index in [9.17, 15) is 0 Å². The molecule has 10 aromatic rings. The lowest BCUT2D eigenvalue weighted by Crippen LogP contribution is -2.24. The maximum absolute atomic E-state index is 6.88. The third-order valence-electron chi connectivity index (χ3n) is 14.0. The maximum atomic E-state index is 6.88. The normalized spacial score (nSPS) is 14.1. The first kappa shape index (κ1) is 38.0. The average molecular weight is 823 g/mol. The predicted octanol–water partition coefficient (Wildman–Crippen LogP) is 17.2. The molecule has 0 unspecified atom stereocenters. The van der Waals surface area contributed by atoms with Crippen LogP contribution in [0.3, 0.4) is 0 Å². The van der Waals surface area contributed by atoms with Gasteiger partial charge < -0.3 is 9.47 Å². The van der Waals surface area contributed by atoms with Gasteiger partial charge in [0.15, 0.2) is 0 Å². The third kappa shape index (κ3) is 5.72. The van der Waals surface area contributed by atoms with Crippen LogP contribution in [0.15, 0.2) is 206 Å². The topological polar surface area (TPSA) is 18.5 Å². The molecule has 10 aromatic carbocycles. The van der Waals surface area contributed by atoms with Crippen molar-refractivity contribution >= 4 is 21.5 Å². The molecule has 2 aliphatic rings. The van der Waals surface area contributed by atoms with Gasteiger partial charge in [-0.25, -0.2) is 0 Å². The SMILES string of the molecule is CC1(C)c2ccccc2Oc2c(-c3ccccc3-c3cccc4c(-c5ccccc5)c5cccc(-c6ccccc6-c6cccc7c6Oc6ccccc6C7(C)C)c5cc34)cccc21. The highest BCUT2D eigenvalue weighted by atomic mass is 16.5. The lowest BCUT2D eigenvalue weighted by Gasteiger charge is -2.35. The van der Waals surface area contributed by atoms with Gasteiger partial charge >= 0.3 is 0 Å². The molecule has 306 valence electrons. The Morgan fingerprint density at radius 3 is 1.09 bits per heavy atom. The smallest absolute Gasteiger partial charge is 0.139 e. The molecule has 2 heterocycles. The first-order chi connectivity index (χ1) is 31.3. The molecule has 0 aliphatic carbocycles. The second-order valence-corrected chi connectivity index (χ2v) is 18.3. The number of ether oxygens (including phenoxy) is 2. The molecule has 0 aromatic heterocycles. The summed E-state index contributed by atoms with van der Waals surface area (Å²) in [6.07, 6.45) is 0. The molecular formula is C62H46O2. The van der Waals surface area contributed by atoms with Crippen molar-refractivity contribution in [1.29, 1.82) is 0 Å². The number of hydrogen-bond donors (Lipinski definition) is 0. The van der Waals surface area contributed by atoms with Gasteiger partial charge in [0.25, 0.3) is 0 Å². The highest BCUT2D eigenvalue weighted by Gasteiger charge is 2.37. The standard InChI is InChI=1S/C62H46O2/c1-61(2)52-32-12-14-36-56(52)63-59-48(30-18-34-54(59)61)42-24-10-8-22-40(42)44-26-16-28-46-50(44)38-51-45(27-17-29-47(51)58(46)39-20-6-5-7-21-39)41-23-9-11-25-43(41)49-31-19-35-55-60(49)64-57-37-15-13-33-53(57)62(55,3)4/h5-38H,1-4H3. The van der Waals surface area contributed by atoms with Crippen molar-refractivity contribution in [2.24, 2.45) is 0 Å². The van der Waals surface area contributed by atoms with Crippen LogP contribution in [0, 0.1) is 0 Å². The van der Waals surface area contributed by atoms with Crippen LogP contribution in [0.2, 0.25) is 0 Å². The molecule has 12 rings (SSSR count). The molecule has 2 nitrogen and oxygen atoms in total. The van der Waals surface area contributed by atoms with Crippen molar-refractivity contribution in [3.05, 3.63) is 229 Å². The van der Waals surface area contributed by atoms with E-state index in [1.165, 1.54) is 66.1 Å². The molecule has 0 fully saturated rings. The maximum Gasteiger partial charge on any atom is 0.139 e. The van der Waals surface area contributed by atoms with Crippen LogP contribution in [0.1, 0.15) is 49.9 Å². The van der Waals surface area contributed by atoms with Gasteiger partial charge in [0, 0.05) is 44.2 Å². The summed E-state index contributed by atoms with van der Waals surface area (Å²) in [6, 6.07) is 74.8. The van der Waals surface area contributed by atoms with Crippen molar-refractivity contribution in [3.8, 4) is 78.6 Å². The van der Waals surface area contributed by atoms with E-state index in [0.29, 0.717) is 0 Å². The van der Waals surface area contributed by atoms with E-state index in [1.54, 1.807) is 0 Å². The van der Waals surface area contributed by atoms with Crippen LogP contribution in [0.5, 0.6) is 23.0 Å². The fourth-order valence-electron chi connectivity index (χ4n) is 10.8. The molecule has 2 heteroatoms. The molecule has 64 heavy (non-hydrogen) atoms. The van der Waals surface area contributed by atoms with Crippen molar-refractivity contribution in [2.45, 2.75) is 38.5 Å². The first-order valence-electron chi connectivity index (χ1n) is 22.3. The van der Waals surface area contributed by atoms with Gasteiger partial charge in [-0.3, -0.25) is 0 Å². The predicted molar refractivity (Wildman–Crippen MR) is 266 cm³/mol. The monoisotopic (exact) mass is 822 g/mol. The zero-order chi connectivity index (χ0) is 43.2. The molecule has 2 aliphatic heterocycles. The summed E-state index contributed by atoms with van der Waals surface area (Å²) in [5.41, 5.74) is 15.9. The Hall–Kier alpha value is -7.68. The minimum absolute atomic E-state index is 0.226. The number of rotatable bonds is 5. The number of fused-ring (bicyclic) bond motifs is 6. The Kier molecular flexibility index (Phi) is 8.58. The Morgan fingerprint density at radius 2 is 0.625 bits per heavy atom. The summed E-state index contributed by atoms with van der Waals surface area (Å²) in [5.74, 6) is 3.68. The van der Waals surface area contributed by atoms with Gasteiger partial charge in [-0.1, -0.05) is 216 Å². The molecular weight excluding hydrogens is 777 g/mol. The second-order valence-electron chi connectivity index (χ2n) is 18.3. The Morgan fingerprint density at radius 1 is 0.281 bits per heavy atom. The van der Waals surface area contributed by atoms with Gasteiger partial charge in [0.05, 0.1) is 0 Å². The van der Waals surface area contributed by atoms with Gasteiger partial charge in [0.1, 0.15) is 23.0 Å². The fourth-order valence-corrected chi connectivity index (χ4v) is 10.8. The highest BCUT2D eigenvalue weighted by molar-refractivity contribution is 6.20. The van der Waals surface area contributed by atoms with Crippen molar-refractivity contribution < 1.29 is 9.47 Å². The largest absolute Gasteiger partial charge is 0.456 e. The quantitative estimate of drug-likeness (QED) is 0.161. The molecule has 0 amide bonds. The van der Waals surface area contributed by atoms with Gasteiger partial charge in [-0.15, -0.1) is 0 Å². The van der Waals surface area contributed by atoms with Gasteiger partial charge in [0.2, 0.25) is 0 Å². The van der Waals surface area contributed by atoms with Crippen molar-refractivity contribution in [2.75, 3.05) is 0 Å². The fraction of sp³-hybridized carbons (Fsp3) is 0.0968. The van der Waals surface area contributed by atoms with E-state index < -0.39 is 0 Å². The van der Waals surface area contributed by atoms with Crippen LogP contribution in [-0.2, 0) is 10.8 Å². The van der Waals surface area contributed by atoms with E-state index in [4.69, 9.17) is 9.47 Å². The zero-order valence-corrected chi connectivity index (χ0v) is 36.4. The van der Waals surface area contributed by atoms with Gasteiger partial charge in [-0.05, 0) is 84.3 Å². The lowest BCUT2D eigenvalue weighted by molar-refractivity contribution is 0.419. The van der Waals surface area contributed by atoms with E-state index in [0.717, 1.165) is 56.4 Å². The summed E-state index contributed by atoms with van der Waals surface area (Å²) in [6.45, 7) is 9.22. The van der Waals surface area contributed by atoms with Crippen LogP contribution >= 0.6 is 0 Å². The number of para-hydroxylation sites is 4. The van der Waals surface area contributed by atoms with E-state index in [2.05, 4.69) is 234 Å². The summed E-state index contributed by atoms with van der Waals surface area (Å²) < 4.78 is 13.8. The lowest BCUT2D eigenvalue weighted by atomic mass is 9.74. The average Bonchev–Trinajstić information content (AvgIpc) is 3.33. The molecule has 0 bridgehead atoms. The molecule has 0 radical (unpaired) electrons. The molecule has 0 saturated heterocycles. The second kappa shape index (κ2) is 14.4. The Bertz CT molecular complexity index is 3290. The zero-order valence-electron chi connectivity index (χ0n) is 36.4. The minimum Gasteiger partial charge on any atom is -0.456 e. The van der Waals surface area contributed by atoms with Crippen LogP contribution in [-0.4, -0.2) is 0 Å². The summed E-state index contributed by atoms with van der Waals surface area (Å²) >= 11 is 0. The van der Waals surface area contributed by atoms with Crippen molar-refractivity contribution in [3.63, 3.8) is 0 Å². The Balaban J connectivity index is 1.10. The Labute approximate surface area is 375 Å². The highest BCUT2D eigenvalue weighted by Crippen LogP contribution is 2.55. The van der Waals surface area contributed by atoms with Crippen molar-refractivity contribution in [1.82, 2.24) is 0 Å². The summed E-state index contributed by atoms with van der Waals surface area (Å²) in [4.78, 5) is 0. The van der Waals surface area contributed by atoms with Gasteiger partial charge in [-0.2, -0.15) is 0 Å². The summed E-state index contributed by atoms with van der Waals surface area (Å²) in [7, 11) is 0. The molecule has 0 spiro atoms.